The van der Waals surface area contributed by atoms with E-state index in [0.29, 0.717) is 6.42 Å². The van der Waals surface area contributed by atoms with Crippen LogP contribution >= 0.6 is 0 Å². The molecule has 0 N–H and O–H groups in total. The van der Waals surface area contributed by atoms with E-state index in [4.69, 9.17) is 4.74 Å². The van der Waals surface area contributed by atoms with Crippen molar-refractivity contribution in [2.45, 2.75) is 117 Å². The number of ether oxygens (including phenoxy) is 1. The Kier molecular flexibility index (Phi) is 16.5. The highest BCUT2D eigenvalue weighted by molar-refractivity contribution is 5.69. The minimum atomic E-state index is -0.0402. The van der Waals surface area contributed by atoms with E-state index in [1.165, 1.54) is 64.2 Å². The molecule has 0 spiro atoms. The predicted molar refractivity (Wildman–Crippen MR) is 105 cm³/mol. The molecule has 0 aromatic heterocycles. The molecule has 0 bridgehead atoms. The van der Waals surface area contributed by atoms with Crippen LogP contribution in [0.3, 0.4) is 0 Å². The van der Waals surface area contributed by atoms with Crippen molar-refractivity contribution in [1.29, 1.82) is 0 Å². The Morgan fingerprint density at radius 1 is 0.875 bits per heavy atom. The first-order chi connectivity index (χ1) is 11.6. The average molecular weight is 339 g/mol. The zero-order valence-corrected chi connectivity index (χ0v) is 16.8. The zero-order chi connectivity index (χ0) is 18.0. The normalized spacial score (nSPS) is 12.9. The van der Waals surface area contributed by atoms with Gasteiger partial charge in [-0.05, 0) is 45.4 Å². The predicted octanol–water partition coefficient (Wildman–Crippen LogP) is 7.22. The number of unbranched alkanes of at least 4 members (excludes halogenated alkanes) is 8. The summed E-state index contributed by atoms with van der Waals surface area (Å²) < 4.78 is 5.14. The molecular weight excluding hydrogens is 296 g/mol. The van der Waals surface area contributed by atoms with Gasteiger partial charge < -0.3 is 4.74 Å². The van der Waals surface area contributed by atoms with E-state index < -0.39 is 0 Å². The van der Waals surface area contributed by atoms with Crippen LogP contribution in [0.1, 0.15) is 111 Å². The summed E-state index contributed by atoms with van der Waals surface area (Å²) in [7, 11) is 0. The maximum Gasteiger partial charge on any atom is 0.306 e. The molecule has 0 rings (SSSR count). The Balaban J connectivity index is 3.33. The van der Waals surface area contributed by atoms with Crippen molar-refractivity contribution >= 4 is 5.97 Å². The quantitative estimate of drug-likeness (QED) is 0.169. The van der Waals surface area contributed by atoms with E-state index in [-0.39, 0.29) is 12.1 Å². The molecule has 1 atom stereocenters. The Bertz CT molecular complexity index is 307. The largest absolute Gasteiger partial charge is 0.463 e. The molecule has 0 saturated heterocycles. The van der Waals surface area contributed by atoms with Crippen LogP contribution in [0, 0.1) is 5.92 Å². The lowest BCUT2D eigenvalue weighted by molar-refractivity contribution is -0.147. The molecule has 2 nitrogen and oxygen atoms in total. The van der Waals surface area contributed by atoms with Gasteiger partial charge in [-0.2, -0.15) is 0 Å². The highest BCUT2D eigenvalue weighted by Crippen LogP contribution is 2.16. The molecule has 2 heteroatoms. The number of allylic oxidation sites excluding steroid dienone is 2. The molecule has 0 saturated carbocycles. The van der Waals surface area contributed by atoms with Crippen molar-refractivity contribution in [3.8, 4) is 0 Å². The lowest BCUT2D eigenvalue weighted by Gasteiger charge is -2.09. The summed E-state index contributed by atoms with van der Waals surface area (Å²) in [4.78, 5) is 11.4. The van der Waals surface area contributed by atoms with Gasteiger partial charge in [0.25, 0.3) is 0 Å². The minimum absolute atomic E-state index is 0.0191. The first-order valence-electron chi connectivity index (χ1n) is 10.4. The topological polar surface area (TPSA) is 26.3 Å². The SMILES string of the molecule is CCCCC/C=C/C[C@@H](C)CCCCCCCCC(=O)OC(C)C. The molecule has 0 heterocycles. The number of rotatable bonds is 16. The van der Waals surface area contributed by atoms with E-state index in [0.717, 1.165) is 18.8 Å². The fourth-order valence-corrected chi connectivity index (χ4v) is 2.87. The summed E-state index contributed by atoms with van der Waals surface area (Å²) in [6.07, 6.45) is 20.6. The van der Waals surface area contributed by atoms with Crippen molar-refractivity contribution in [2.24, 2.45) is 5.92 Å². The van der Waals surface area contributed by atoms with Crippen LogP contribution in [-0.2, 0) is 9.53 Å². The van der Waals surface area contributed by atoms with Crippen LogP contribution < -0.4 is 0 Å². The first kappa shape index (κ1) is 23.2. The summed E-state index contributed by atoms with van der Waals surface area (Å²) in [5.41, 5.74) is 0. The van der Waals surface area contributed by atoms with Crippen LogP contribution in [0.4, 0.5) is 0 Å². The van der Waals surface area contributed by atoms with Crippen molar-refractivity contribution in [3.05, 3.63) is 12.2 Å². The van der Waals surface area contributed by atoms with Crippen LogP contribution in [0.25, 0.3) is 0 Å². The van der Waals surface area contributed by atoms with Gasteiger partial charge in [0.2, 0.25) is 0 Å². The lowest BCUT2D eigenvalue weighted by atomic mass is 9.98. The third-order valence-electron chi connectivity index (χ3n) is 4.37. The van der Waals surface area contributed by atoms with Crippen molar-refractivity contribution in [2.75, 3.05) is 0 Å². The van der Waals surface area contributed by atoms with Gasteiger partial charge in [0.05, 0.1) is 6.10 Å². The second kappa shape index (κ2) is 17.0. The van der Waals surface area contributed by atoms with E-state index in [9.17, 15) is 4.79 Å². The molecule has 0 aliphatic carbocycles. The number of hydrogen-bond donors (Lipinski definition) is 0. The Labute approximate surface area is 151 Å². The third-order valence-corrected chi connectivity index (χ3v) is 4.37. The first-order valence-corrected chi connectivity index (χ1v) is 10.4. The minimum Gasteiger partial charge on any atom is -0.463 e. The molecule has 0 amide bonds. The van der Waals surface area contributed by atoms with Crippen molar-refractivity contribution in [1.82, 2.24) is 0 Å². The molecule has 24 heavy (non-hydrogen) atoms. The highest BCUT2D eigenvalue weighted by Gasteiger charge is 2.04. The second-order valence-electron chi connectivity index (χ2n) is 7.51. The molecule has 0 fully saturated rings. The smallest absolute Gasteiger partial charge is 0.306 e. The molecule has 0 radical (unpaired) electrons. The number of carbonyl (C=O) groups is 1. The van der Waals surface area contributed by atoms with E-state index in [1.807, 2.05) is 13.8 Å². The molecule has 0 aromatic rings. The van der Waals surface area contributed by atoms with Gasteiger partial charge in [0.1, 0.15) is 0 Å². The van der Waals surface area contributed by atoms with Gasteiger partial charge >= 0.3 is 5.97 Å². The molecule has 0 aromatic carbocycles. The summed E-state index contributed by atoms with van der Waals surface area (Å²) in [5, 5.41) is 0. The van der Waals surface area contributed by atoms with Gasteiger partial charge in [-0.25, -0.2) is 0 Å². The van der Waals surface area contributed by atoms with Crippen LogP contribution in [0.15, 0.2) is 12.2 Å². The Hall–Kier alpha value is -0.790. The summed E-state index contributed by atoms with van der Waals surface area (Å²) in [5.74, 6) is 0.778. The number of esters is 1. The maximum atomic E-state index is 11.4. The van der Waals surface area contributed by atoms with E-state index in [1.54, 1.807) is 0 Å². The highest BCUT2D eigenvalue weighted by atomic mass is 16.5. The van der Waals surface area contributed by atoms with Crippen molar-refractivity contribution in [3.63, 3.8) is 0 Å². The van der Waals surface area contributed by atoms with Gasteiger partial charge in [-0.15, -0.1) is 0 Å². The average Bonchev–Trinajstić information content (AvgIpc) is 2.52. The molecular formula is C22H42O2. The summed E-state index contributed by atoms with van der Waals surface area (Å²) >= 11 is 0. The van der Waals surface area contributed by atoms with Crippen LogP contribution in [0.5, 0.6) is 0 Å². The number of hydrogen-bond acceptors (Lipinski definition) is 2. The Morgan fingerprint density at radius 3 is 2.21 bits per heavy atom. The molecule has 142 valence electrons. The zero-order valence-electron chi connectivity index (χ0n) is 16.8. The lowest BCUT2D eigenvalue weighted by Crippen LogP contribution is -2.10. The summed E-state index contributed by atoms with van der Waals surface area (Å²) in [6, 6.07) is 0. The fourth-order valence-electron chi connectivity index (χ4n) is 2.87. The van der Waals surface area contributed by atoms with Gasteiger partial charge in [0, 0.05) is 6.42 Å². The number of carbonyl (C=O) groups excluding carboxylic acids is 1. The Morgan fingerprint density at radius 2 is 1.54 bits per heavy atom. The monoisotopic (exact) mass is 338 g/mol. The van der Waals surface area contributed by atoms with Gasteiger partial charge in [-0.3, -0.25) is 4.79 Å². The summed E-state index contributed by atoms with van der Waals surface area (Å²) in [6.45, 7) is 8.44. The third kappa shape index (κ3) is 17.6. The maximum absolute atomic E-state index is 11.4. The van der Waals surface area contributed by atoms with Gasteiger partial charge in [-0.1, -0.05) is 77.4 Å². The van der Waals surface area contributed by atoms with E-state index >= 15 is 0 Å². The molecule has 0 aliphatic heterocycles. The van der Waals surface area contributed by atoms with Crippen LogP contribution in [-0.4, -0.2) is 12.1 Å². The van der Waals surface area contributed by atoms with Crippen LogP contribution in [0.2, 0.25) is 0 Å². The fraction of sp³-hybridized carbons (Fsp3) is 0.864. The molecule has 0 aliphatic rings. The van der Waals surface area contributed by atoms with Crippen molar-refractivity contribution < 1.29 is 9.53 Å². The second-order valence-corrected chi connectivity index (χ2v) is 7.51. The molecule has 0 unspecified atom stereocenters. The standard InChI is InChI=1S/C22H42O2/c1-5-6-7-8-11-14-17-21(4)18-15-12-9-10-13-16-19-22(23)24-20(2)3/h11,14,20-21H,5-10,12-13,15-19H2,1-4H3/b14-11+/t21-/m1/s1. The van der Waals surface area contributed by atoms with E-state index in [2.05, 4.69) is 26.0 Å². The van der Waals surface area contributed by atoms with Gasteiger partial charge in [0.15, 0.2) is 0 Å².